The van der Waals surface area contributed by atoms with Crippen LogP contribution in [0.3, 0.4) is 0 Å². The number of carbonyl (C=O) groups is 1. The molecule has 0 spiro atoms. The molecule has 1 aromatic carbocycles. The molecule has 0 aliphatic heterocycles. The van der Waals surface area contributed by atoms with Crippen molar-refractivity contribution in [1.29, 1.82) is 0 Å². The Hall–Kier alpha value is -2.38. The molecule has 0 saturated carbocycles. The number of nitrogens with two attached hydrogens (primary N) is 1. The third kappa shape index (κ3) is 5.81. The molecule has 4 N–H and O–H groups in total. The number of benzene rings is 1. The summed E-state index contributed by atoms with van der Waals surface area (Å²) in [6.45, 7) is 7.27. The smallest absolute Gasteiger partial charge is 0.253 e. The molecule has 2 rings (SSSR count). The Labute approximate surface area is 164 Å². The van der Waals surface area contributed by atoms with Crippen LogP contribution < -0.4 is 11.1 Å². The van der Waals surface area contributed by atoms with Crippen LogP contribution in [-0.4, -0.2) is 33.7 Å². The molecule has 152 valence electrons. The van der Waals surface area contributed by atoms with E-state index < -0.39 is 29.3 Å². The maximum absolute atomic E-state index is 13.5. The fourth-order valence-corrected chi connectivity index (χ4v) is 2.86. The SMILES string of the molecule is Cc1cc(F)c(F)cc1CC(N)C(O)Cc1ncccc1C(=O)NC(C)(C)C. The van der Waals surface area contributed by atoms with Gasteiger partial charge in [0.2, 0.25) is 0 Å². The molecule has 0 aliphatic rings. The lowest BCUT2D eigenvalue weighted by Crippen LogP contribution is -2.42. The van der Waals surface area contributed by atoms with Crippen LogP contribution in [0, 0.1) is 18.6 Å². The highest BCUT2D eigenvalue weighted by molar-refractivity contribution is 5.95. The molecule has 28 heavy (non-hydrogen) atoms. The number of rotatable bonds is 6. The average Bonchev–Trinajstić information content (AvgIpc) is 2.58. The number of halogens is 2. The summed E-state index contributed by atoms with van der Waals surface area (Å²) in [6.07, 6.45) is 0.766. The summed E-state index contributed by atoms with van der Waals surface area (Å²) in [4.78, 5) is 16.7. The van der Waals surface area contributed by atoms with Crippen LogP contribution in [-0.2, 0) is 12.8 Å². The van der Waals surface area contributed by atoms with Gasteiger partial charge in [0.25, 0.3) is 5.91 Å². The molecule has 1 heterocycles. The summed E-state index contributed by atoms with van der Waals surface area (Å²) in [6, 6.07) is 4.76. The number of nitrogens with zero attached hydrogens (tertiary/aromatic N) is 1. The lowest BCUT2D eigenvalue weighted by molar-refractivity contribution is 0.0916. The molecule has 0 bridgehead atoms. The van der Waals surface area contributed by atoms with Crippen LogP contribution in [0.15, 0.2) is 30.5 Å². The molecule has 1 amide bonds. The number of pyridine rings is 1. The van der Waals surface area contributed by atoms with Crippen molar-refractivity contribution in [2.24, 2.45) is 5.73 Å². The van der Waals surface area contributed by atoms with E-state index in [4.69, 9.17) is 5.73 Å². The first-order valence-electron chi connectivity index (χ1n) is 9.12. The van der Waals surface area contributed by atoms with Crippen LogP contribution in [0.2, 0.25) is 0 Å². The van der Waals surface area contributed by atoms with Gasteiger partial charge < -0.3 is 16.2 Å². The predicted molar refractivity (Wildman–Crippen MR) is 104 cm³/mol. The van der Waals surface area contributed by atoms with Gasteiger partial charge in [-0.3, -0.25) is 9.78 Å². The van der Waals surface area contributed by atoms with Gasteiger partial charge in [0.1, 0.15) is 0 Å². The number of aromatic nitrogens is 1. The third-order valence-corrected chi connectivity index (χ3v) is 4.35. The predicted octanol–water partition coefficient (Wildman–Crippen LogP) is 2.67. The number of aliphatic hydroxyl groups excluding tert-OH is 1. The van der Waals surface area contributed by atoms with E-state index in [1.807, 2.05) is 20.8 Å². The minimum atomic E-state index is -1.01. The molecule has 2 atom stereocenters. The molecule has 1 aromatic heterocycles. The zero-order valence-electron chi connectivity index (χ0n) is 16.6. The highest BCUT2D eigenvalue weighted by atomic mass is 19.2. The topological polar surface area (TPSA) is 88.2 Å². The van der Waals surface area contributed by atoms with Crippen molar-refractivity contribution in [3.05, 3.63) is 64.5 Å². The van der Waals surface area contributed by atoms with E-state index in [9.17, 15) is 18.7 Å². The highest BCUT2D eigenvalue weighted by Crippen LogP contribution is 2.18. The maximum atomic E-state index is 13.5. The fourth-order valence-electron chi connectivity index (χ4n) is 2.86. The maximum Gasteiger partial charge on any atom is 0.253 e. The quantitative estimate of drug-likeness (QED) is 0.706. The first-order valence-corrected chi connectivity index (χ1v) is 9.12. The number of aliphatic hydroxyl groups is 1. The molecule has 7 heteroatoms. The first-order chi connectivity index (χ1) is 13.0. The zero-order valence-corrected chi connectivity index (χ0v) is 16.6. The van der Waals surface area contributed by atoms with Gasteiger partial charge in [-0.25, -0.2) is 8.78 Å². The molecule has 0 aliphatic carbocycles. The van der Waals surface area contributed by atoms with Crippen molar-refractivity contribution in [2.45, 2.75) is 58.2 Å². The van der Waals surface area contributed by atoms with Crippen molar-refractivity contribution < 1.29 is 18.7 Å². The van der Waals surface area contributed by atoms with Crippen LogP contribution in [0.5, 0.6) is 0 Å². The third-order valence-electron chi connectivity index (χ3n) is 4.35. The summed E-state index contributed by atoms with van der Waals surface area (Å²) < 4.78 is 26.8. The largest absolute Gasteiger partial charge is 0.391 e. The van der Waals surface area contributed by atoms with Crippen LogP contribution in [0.25, 0.3) is 0 Å². The lowest BCUT2D eigenvalue weighted by Gasteiger charge is -2.23. The van der Waals surface area contributed by atoms with Crippen molar-refractivity contribution in [1.82, 2.24) is 10.3 Å². The number of aryl methyl sites for hydroxylation is 1. The highest BCUT2D eigenvalue weighted by Gasteiger charge is 2.23. The minimum Gasteiger partial charge on any atom is -0.391 e. The van der Waals surface area contributed by atoms with Crippen LogP contribution in [0.1, 0.15) is 48.0 Å². The van der Waals surface area contributed by atoms with Gasteiger partial charge in [0, 0.05) is 24.2 Å². The van der Waals surface area contributed by atoms with Crippen molar-refractivity contribution in [3.8, 4) is 0 Å². The van der Waals surface area contributed by atoms with Crippen LogP contribution in [0.4, 0.5) is 8.78 Å². The van der Waals surface area contributed by atoms with Gasteiger partial charge >= 0.3 is 0 Å². The Balaban J connectivity index is 2.13. The molecule has 0 saturated heterocycles. The Kier molecular flexibility index (Phi) is 6.85. The number of hydrogen-bond donors (Lipinski definition) is 3. The van der Waals surface area contributed by atoms with E-state index in [2.05, 4.69) is 10.3 Å². The summed E-state index contributed by atoms with van der Waals surface area (Å²) in [5, 5.41) is 13.4. The lowest BCUT2D eigenvalue weighted by atomic mass is 9.95. The molecule has 2 aromatic rings. The molecular weight excluding hydrogens is 364 g/mol. The van der Waals surface area contributed by atoms with Crippen molar-refractivity contribution in [2.75, 3.05) is 0 Å². The zero-order chi connectivity index (χ0) is 21.1. The number of nitrogens with one attached hydrogen (secondary N) is 1. The molecule has 2 unspecified atom stereocenters. The molecular formula is C21H27F2N3O2. The Morgan fingerprint density at radius 1 is 1.25 bits per heavy atom. The summed E-state index contributed by atoms with van der Waals surface area (Å²) in [5.41, 5.74) is 7.55. The monoisotopic (exact) mass is 391 g/mol. The van der Waals surface area contributed by atoms with E-state index in [0.29, 0.717) is 22.4 Å². The van der Waals surface area contributed by atoms with E-state index in [1.54, 1.807) is 25.3 Å². The summed E-state index contributed by atoms with van der Waals surface area (Å²) in [5.74, 6) is -2.15. The summed E-state index contributed by atoms with van der Waals surface area (Å²) in [7, 11) is 0. The Bertz CT molecular complexity index is 850. The summed E-state index contributed by atoms with van der Waals surface area (Å²) >= 11 is 0. The van der Waals surface area contributed by atoms with Gasteiger partial charge in [-0.15, -0.1) is 0 Å². The van der Waals surface area contributed by atoms with E-state index >= 15 is 0 Å². The number of hydrogen-bond acceptors (Lipinski definition) is 4. The fraction of sp³-hybridized carbons (Fsp3) is 0.429. The van der Waals surface area contributed by atoms with Crippen molar-refractivity contribution >= 4 is 5.91 Å². The Morgan fingerprint density at radius 2 is 1.89 bits per heavy atom. The van der Waals surface area contributed by atoms with E-state index in [0.717, 1.165) is 12.1 Å². The minimum absolute atomic E-state index is 0.0671. The van der Waals surface area contributed by atoms with Gasteiger partial charge in [-0.2, -0.15) is 0 Å². The average molecular weight is 391 g/mol. The van der Waals surface area contributed by atoms with Gasteiger partial charge in [0.05, 0.1) is 17.4 Å². The van der Waals surface area contributed by atoms with E-state index in [-0.39, 0.29) is 18.7 Å². The second-order valence-corrected chi connectivity index (χ2v) is 8.03. The van der Waals surface area contributed by atoms with Gasteiger partial charge in [-0.1, -0.05) is 0 Å². The number of carbonyl (C=O) groups excluding carboxylic acids is 1. The first kappa shape index (κ1) is 21.9. The number of amides is 1. The van der Waals surface area contributed by atoms with Gasteiger partial charge in [0.15, 0.2) is 11.6 Å². The Morgan fingerprint density at radius 3 is 2.54 bits per heavy atom. The molecule has 5 nitrogen and oxygen atoms in total. The van der Waals surface area contributed by atoms with Crippen LogP contribution >= 0.6 is 0 Å². The standard InChI is InChI=1S/C21H27F2N3O2/c1-12-8-15(22)16(23)9-13(12)10-17(24)19(27)11-18-14(6-5-7-25-18)20(28)26-21(2,3)4/h5-9,17,19,27H,10-11,24H2,1-4H3,(H,26,28). The normalized spacial score (nSPS) is 13.9. The molecule has 0 radical (unpaired) electrons. The molecule has 0 fully saturated rings. The van der Waals surface area contributed by atoms with Crippen molar-refractivity contribution in [3.63, 3.8) is 0 Å². The van der Waals surface area contributed by atoms with E-state index in [1.165, 1.54) is 0 Å². The second kappa shape index (κ2) is 8.75. The second-order valence-electron chi connectivity index (χ2n) is 8.03. The van der Waals surface area contributed by atoms with Gasteiger partial charge in [-0.05, 0) is 69.5 Å².